The van der Waals surface area contributed by atoms with Crippen LogP contribution in [-0.4, -0.2) is 58.0 Å². The van der Waals surface area contributed by atoms with Gasteiger partial charge < -0.3 is 20.4 Å². The van der Waals surface area contributed by atoms with Crippen molar-refractivity contribution in [3.63, 3.8) is 0 Å². The standard InChI is InChI=1S/C13H20N2O6/c1-7(2)5-15-6-8(3-10(15)16)12(19)14-9(13(20)21)4-11(17)18/h7-9H,3-6H2,1-2H3,(H,14,19)(H,17,18)(H,20,21)/t8?,9-/m1/s1. The van der Waals surface area contributed by atoms with Crippen molar-refractivity contribution >= 4 is 23.8 Å². The minimum absolute atomic E-state index is 0.0258. The molecule has 2 atom stereocenters. The summed E-state index contributed by atoms with van der Waals surface area (Å²) in [4.78, 5) is 46.8. The van der Waals surface area contributed by atoms with Crippen LogP contribution in [0.5, 0.6) is 0 Å². The van der Waals surface area contributed by atoms with E-state index in [9.17, 15) is 19.2 Å². The zero-order chi connectivity index (χ0) is 16.2. The normalized spacial score (nSPS) is 19.7. The highest BCUT2D eigenvalue weighted by Crippen LogP contribution is 2.19. The number of amides is 2. The molecular formula is C13H20N2O6. The van der Waals surface area contributed by atoms with Crippen LogP contribution in [0.15, 0.2) is 0 Å². The predicted octanol–water partition coefficient (Wildman–Crippen LogP) is -0.465. The van der Waals surface area contributed by atoms with E-state index in [-0.39, 0.29) is 24.8 Å². The van der Waals surface area contributed by atoms with E-state index >= 15 is 0 Å². The second kappa shape index (κ2) is 7.05. The van der Waals surface area contributed by atoms with Crippen LogP contribution >= 0.6 is 0 Å². The first-order chi connectivity index (χ1) is 9.70. The van der Waals surface area contributed by atoms with E-state index in [0.717, 1.165) is 0 Å². The molecule has 1 aliphatic rings. The molecule has 21 heavy (non-hydrogen) atoms. The fourth-order valence-corrected chi connectivity index (χ4v) is 2.23. The van der Waals surface area contributed by atoms with Crippen LogP contribution in [0.2, 0.25) is 0 Å². The number of carbonyl (C=O) groups is 4. The number of carboxylic acid groups (broad SMARTS) is 2. The molecule has 1 rings (SSSR count). The molecule has 0 aromatic carbocycles. The van der Waals surface area contributed by atoms with Gasteiger partial charge in [0.1, 0.15) is 6.04 Å². The molecule has 0 spiro atoms. The number of rotatable bonds is 7. The SMILES string of the molecule is CC(C)CN1CC(C(=O)N[C@H](CC(=O)O)C(=O)O)CC1=O. The van der Waals surface area contributed by atoms with E-state index in [1.54, 1.807) is 4.90 Å². The van der Waals surface area contributed by atoms with Gasteiger partial charge in [-0.15, -0.1) is 0 Å². The highest BCUT2D eigenvalue weighted by atomic mass is 16.4. The van der Waals surface area contributed by atoms with E-state index in [0.29, 0.717) is 6.54 Å². The van der Waals surface area contributed by atoms with Gasteiger partial charge in [-0.05, 0) is 5.92 Å². The van der Waals surface area contributed by atoms with Crippen LogP contribution in [0.4, 0.5) is 0 Å². The Balaban J connectivity index is 2.61. The van der Waals surface area contributed by atoms with Gasteiger partial charge in [0.05, 0.1) is 12.3 Å². The molecule has 0 aromatic rings. The van der Waals surface area contributed by atoms with Gasteiger partial charge >= 0.3 is 11.9 Å². The van der Waals surface area contributed by atoms with Gasteiger partial charge in [0, 0.05) is 19.5 Å². The smallest absolute Gasteiger partial charge is 0.326 e. The van der Waals surface area contributed by atoms with Crippen molar-refractivity contribution in [2.75, 3.05) is 13.1 Å². The summed E-state index contributed by atoms with van der Waals surface area (Å²) in [7, 11) is 0. The van der Waals surface area contributed by atoms with E-state index in [1.807, 2.05) is 13.8 Å². The number of carbonyl (C=O) groups excluding carboxylic acids is 2. The Bertz CT molecular complexity index is 448. The largest absolute Gasteiger partial charge is 0.481 e. The first kappa shape index (κ1) is 16.9. The number of nitrogens with zero attached hydrogens (tertiary/aromatic N) is 1. The molecule has 118 valence electrons. The Kier molecular flexibility index (Phi) is 5.69. The van der Waals surface area contributed by atoms with Crippen molar-refractivity contribution < 1.29 is 29.4 Å². The molecule has 1 unspecified atom stereocenters. The third-order valence-corrected chi connectivity index (χ3v) is 3.16. The quantitative estimate of drug-likeness (QED) is 0.584. The van der Waals surface area contributed by atoms with E-state index in [2.05, 4.69) is 5.32 Å². The lowest BCUT2D eigenvalue weighted by molar-refractivity contribution is -0.147. The molecule has 1 fully saturated rings. The summed E-state index contributed by atoms with van der Waals surface area (Å²) in [6.45, 7) is 4.68. The van der Waals surface area contributed by atoms with Gasteiger partial charge in [-0.1, -0.05) is 13.8 Å². The van der Waals surface area contributed by atoms with Gasteiger partial charge in [0.25, 0.3) is 0 Å². The molecule has 8 heteroatoms. The summed E-state index contributed by atoms with van der Waals surface area (Å²) in [5.41, 5.74) is 0. The molecular weight excluding hydrogens is 280 g/mol. The Morgan fingerprint density at radius 2 is 1.95 bits per heavy atom. The molecule has 2 amide bonds. The van der Waals surface area contributed by atoms with Crippen LogP contribution in [0, 0.1) is 11.8 Å². The molecule has 0 radical (unpaired) electrons. The minimum atomic E-state index is -1.48. The first-order valence-electron chi connectivity index (χ1n) is 6.73. The van der Waals surface area contributed by atoms with Crippen molar-refractivity contribution in [1.29, 1.82) is 0 Å². The fraction of sp³-hybridized carbons (Fsp3) is 0.692. The summed E-state index contributed by atoms with van der Waals surface area (Å²) < 4.78 is 0. The number of likely N-dealkylation sites (tertiary alicyclic amines) is 1. The van der Waals surface area contributed by atoms with Crippen molar-refractivity contribution in [1.82, 2.24) is 10.2 Å². The van der Waals surface area contributed by atoms with Crippen LogP contribution in [-0.2, 0) is 19.2 Å². The molecule has 1 saturated heterocycles. The Morgan fingerprint density at radius 3 is 2.43 bits per heavy atom. The molecule has 0 aromatic heterocycles. The zero-order valence-electron chi connectivity index (χ0n) is 12.0. The highest BCUT2D eigenvalue weighted by molar-refractivity contribution is 5.92. The zero-order valence-corrected chi connectivity index (χ0v) is 12.0. The monoisotopic (exact) mass is 300 g/mol. The third-order valence-electron chi connectivity index (χ3n) is 3.16. The Labute approximate surface area is 122 Å². The average molecular weight is 300 g/mol. The fourth-order valence-electron chi connectivity index (χ4n) is 2.23. The maximum atomic E-state index is 12.0. The van der Waals surface area contributed by atoms with E-state index in [4.69, 9.17) is 10.2 Å². The molecule has 0 bridgehead atoms. The second-order valence-corrected chi connectivity index (χ2v) is 5.59. The molecule has 1 aliphatic heterocycles. The van der Waals surface area contributed by atoms with Gasteiger partial charge in [0.15, 0.2) is 0 Å². The number of aliphatic carboxylic acids is 2. The first-order valence-corrected chi connectivity index (χ1v) is 6.73. The molecule has 0 saturated carbocycles. The Morgan fingerprint density at radius 1 is 1.33 bits per heavy atom. The lowest BCUT2D eigenvalue weighted by atomic mass is 10.1. The lowest BCUT2D eigenvalue weighted by Gasteiger charge is -2.19. The van der Waals surface area contributed by atoms with Crippen LogP contribution in [0.25, 0.3) is 0 Å². The predicted molar refractivity (Wildman–Crippen MR) is 71.3 cm³/mol. The number of carboxylic acids is 2. The third kappa shape index (κ3) is 5.05. The van der Waals surface area contributed by atoms with Crippen molar-refractivity contribution in [2.24, 2.45) is 11.8 Å². The number of hydrogen-bond donors (Lipinski definition) is 3. The molecule has 8 nitrogen and oxygen atoms in total. The minimum Gasteiger partial charge on any atom is -0.481 e. The maximum absolute atomic E-state index is 12.0. The summed E-state index contributed by atoms with van der Waals surface area (Å²) in [6.07, 6.45) is -0.671. The number of hydrogen-bond acceptors (Lipinski definition) is 4. The van der Waals surface area contributed by atoms with Crippen LogP contribution in [0.3, 0.4) is 0 Å². The summed E-state index contributed by atoms with van der Waals surface area (Å²) in [6, 6.07) is -1.48. The summed E-state index contributed by atoms with van der Waals surface area (Å²) >= 11 is 0. The van der Waals surface area contributed by atoms with Crippen LogP contribution in [0.1, 0.15) is 26.7 Å². The van der Waals surface area contributed by atoms with Gasteiger partial charge in [-0.3, -0.25) is 14.4 Å². The van der Waals surface area contributed by atoms with Gasteiger partial charge in [-0.2, -0.15) is 0 Å². The average Bonchev–Trinajstić information content (AvgIpc) is 2.68. The van der Waals surface area contributed by atoms with Crippen molar-refractivity contribution in [3.8, 4) is 0 Å². The number of nitrogens with one attached hydrogen (secondary N) is 1. The van der Waals surface area contributed by atoms with Crippen molar-refractivity contribution in [3.05, 3.63) is 0 Å². The Hall–Kier alpha value is -2.12. The topological polar surface area (TPSA) is 124 Å². The van der Waals surface area contributed by atoms with Crippen molar-refractivity contribution in [2.45, 2.75) is 32.7 Å². The molecule has 1 heterocycles. The van der Waals surface area contributed by atoms with Gasteiger partial charge in [0.2, 0.25) is 11.8 Å². The highest BCUT2D eigenvalue weighted by Gasteiger charge is 2.36. The maximum Gasteiger partial charge on any atom is 0.326 e. The summed E-state index contributed by atoms with van der Waals surface area (Å²) in [5, 5.41) is 19.7. The van der Waals surface area contributed by atoms with E-state index in [1.165, 1.54) is 0 Å². The second-order valence-electron chi connectivity index (χ2n) is 5.59. The molecule has 3 N–H and O–H groups in total. The lowest BCUT2D eigenvalue weighted by Crippen LogP contribution is -2.45. The van der Waals surface area contributed by atoms with Gasteiger partial charge in [-0.25, -0.2) is 4.79 Å². The molecule has 0 aliphatic carbocycles. The summed E-state index contributed by atoms with van der Waals surface area (Å²) in [5.74, 6) is -3.82. The van der Waals surface area contributed by atoms with E-state index < -0.39 is 36.2 Å². The van der Waals surface area contributed by atoms with Crippen LogP contribution < -0.4 is 5.32 Å².